The van der Waals surface area contributed by atoms with E-state index in [0.717, 1.165) is 0 Å². The first-order chi connectivity index (χ1) is 4.91. The van der Waals surface area contributed by atoms with Crippen LogP contribution in [0.3, 0.4) is 0 Å². The fourth-order valence-electron chi connectivity index (χ4n) is 0.325. The number of hydrogen-bond donors (Lipinski definition) is 0. The molecule has 48 valence electrons. The van der Waals surface area contributed by atoms with Crippen molar-refractivity contribution in [3.63, 3.8) is 0 Å². The maximum Gasteiger partial charge on any atom is 0.0912 e. The molecule has 0 saturated carbocycles. The van der Waals surface area contributed by atoms with Crippen molar-refractivity contribution in [3.05, 3.63) is 36.5 Å². The van der Waals surface area contributed by atoms with E-state index in [2.05, 4.69) is 0 Å². The minimum Gasteiger partial charge on any atom is -0.193 e. The SMILES string of the molecule is N#C/C=C/C=C/C=C/C#N. The fraction of sp³-hybridized carbons (Fsp3) is 0. The molecule has 0 aromatic rings. The molecule has 10 heavy (non-hydrogen) atoms. The molecule has 0 bridgehead atoms. The van der Waals surface area contributed by atoms with Crippen LogP contribution in [0.5, 0.6) is 0 Å². The largest absolute Gasteiger partial charge is 0.193 e. The van der Waals surface area contributed by atoms with Crippen molar-refractivity contribution in [1.82, 2.24) is 0 Å². The van der Waals surface area contributed by atoms with Crippen LogP contribution in [0.4, 0.5) is 0 Å². The van der Waals surface area contributed by atoms with E-state index in [1.165, 1.54) is 12.2 Å². The number of nitriles is 2. The standard InChI is InChI=1S/C8H6N2/c9-7-5-3-1-2-4-6-8-10/h1-6H/b2-1+,5-3+,6-4+. The first-order valence-electron chi connectivity index (χ1n) is 2.69. The molecule has 0 N–H and O–H groups in total. The quantitative estimate of drug-likeness (QED) is 0.422. The van der Waals surface area contributed by atoms with Crippen LogP contribution in [0.15, 0.2) is 36.5 Å². The Morgan fingerprint density at radius 2 is 1.10 bits per heavy atom. The Hall–Kier alpha value is -1.80. The molecule has 0 aliphatic carbocycles. The number of rotatable bonds is 2. The lowest BCUT2D eigenvalue weighted by molar-refractivity contribution is 1.53. The zero-order valence-corrected chi connectivity index (χ0v) is 5.36. The summed E-state index contributed by atoms with van der Waals surface area (Å²) in [6.07, 6.45) is 9.27. The molecule has 0 spiro atoms. The highest BCUT2D eigenvalue weighted by Crippen LogP contribution is 1.77. The van der Waals surface area contributed by atoms with Crippen LogP contribution < -0.4 is 0 Å². The topological polar surface area (TPSA) is 47.6 Å². The molecule has 0 aromatic carbocycles. The van der Waals surface area contributed by atoms with Crippen molar-refractivity contribution in [2.24, 2.45) is 0 Å². The highest BCUT2D eigenvalue weighted by atomic mass is 14.2. The summed E-state index contributed by atoms with van der Waals surface area (Å²) >= 11 is 0. The lowest BCUT2D eigenvalue weighted by Gasteiger charge is -1.66. The van der Waals surface area contributed by atoms with Gasteiger partial charge in [0, 0.05) is 12.2 Å². The number of nitrogens with zero attached hydrogens (tertiary/aromatic N) is 2. The van der Waals surface area contributed by atoms with Gasteiger partial charge in [-0.05, 0) is 0 Å². The third-order valence-electron chi connectivity index (χ3n) is 0.675. The molecule has 0 aromatic heterocycles. The third kappa shape index (κ3) is 6.20. The highest BCUT2D eigenvalue weighted by Gasteiger charge is 1.61. The summed E-state index contributed by atoms with van der Waals surface area (Å²) in [6, 6.07) is 3.68. The van der Waals surface area contributed by atoms with Gasteiger partial charge in [0.25, 0.3) is 0 Å². The zero-order valence-electron chi connectivity index (χ0n) is 5.36. The summed E-state index contributed by atoms with van der Waals surface area (Å²) in [5.41, 5.74) is 0. The summed E-state index contributed by atoms with van der Waals surface area (Å²) in [6.45, 7) is 0. The molecule has 2 heteroatoms. The van der Waals surface area contributed by atoms with Gasteiger partial charge in [-0.3, -0.25) is 0 Å². The van der Waals surface area contributed by atoms with Gasteiger partial charge < -0.3 is 0 Å². The second-order valence-corrected chi connectivity index (χ2v) is 1.36. The minimum atomic E-state index is 1.36. The average Bonchev–Trinajstić information content (AvgIpc) is 1.97. The summed E-state index contributed by atoms with van der Waals surface area (Å²) < 4.78 is 0. The van der Waals surface area contributed by atoms with Crippen LogP contribution in [-0.4, -0.2) is 0 Å². The monoisotopic (exact) mass is 130 g/mol. The zero-order chi connectivity index (χ0) is 7.66. The molecule has 0 atom stereocenters. The molecule has 0 saturated heterocycles. The van der Waals surface area contributed by atoms with Gasteiger partial charge in [0.2, 0.25) is 0 Å². The van der Waals surface area contributed by atoms with Crippen LogP contribution in [0, 0.1) is 22.7 Å². The molecule has 0 rings (SSSR count). The van der Waals surface area contributed by atoms with E-state index in [4.69, 9.17) is 10.5 Å². The van der Waals surface area contributed by atoms with Gasteiger partial charge in [0.05, 0.1) is 12.1 Å². The molecule has 0 aliphatic heterocycles. The third-order valence-corrected chi connectivity index (χ3v) is 0.675. The normalized spacial score (nSPS) is 10.6. The van der Waals surface area contributed by atoms with E-state index in [-0.39, 0.29) is 0 Å². The Morgan fingerprint density at radius 3 is 1.40 bits per heavy atom. The van der Waals surface area contributed by atoms with Crippen molar-refractivity contribution in [3.8, 4) is 12.1 Å². The van der Waals surface area contributed by atoms with Crippen molar-refractivity contribution in [2.45, 2.75) is 0 Å². The van der Waals surface area contributed by atoms with E-state index in [1.54, 1.807) is 24.3 Å². The average molecular weight is 130 g/mol. The van der Waals surface area contributed by atoms with Crippen molar-refractivity contribution >= 4 is 0 Å². The maximum absolute atomic E-state index is 8.03. The van der Waals surface area contributed by atoms with E-state index in [0.29, 0.717) is 0 Å². The van der Waals surface area contributed by atoms with Crippen LogP contribution in [0.2, 0.25) is 0 Å². The van der Waals surface area contributed by atoms with E-state index in [9.17, 15) is 0 Å². The predicted molar refractivity (Wildman–Crippen MR) is 38.6 cm³/mol. The van der Waals surface area contributed by atoms with Gasteiger partial charge in [0.1, 0.15) is 0 Å². The summed E-state index contributed by atoms with van der Waals surface area (Å²) in [5.74, 6) is 0. The minimum absolute atomic E-state index is 1.36. The Labute approximate surface area is 60.0 Å². The lowest BCUT2D eigenvalue weighted by atomic mass is 10.4. The Bertz CT molecular complexity index is 207. The molecule has 0 heterocycles. The second kappa shape index (κ2) is 7.20. The molecule has 0 aliphatic rings. The van der Waals surface area contributed by atoms with Crippen LogP contribution >= 0.6 is 0 Å². The highest BCUT2D eigenvalue weighted by molar-refractivity contribution is 5.18. The molecular weight excluding hydrogens is 124 g/mol. The smallest absolute Gasteiger partial charge is 0.0912 e. The van der Waals surface area contributed by atoms with Crippen molar-refractivity contribution in [1.29, 1.82) is 10.5 Å². The van der Waals surface area contributed by atoms with Crippen LogP contribution in [-0.2, 0) is 0 Å². The Balaban J connectivity index is 3.62. The molecule has 0 amide bonds. The molecule has 0 radical (unpaired) electrons. The Morgan fingerprint density at radius 1 is 0.700 bits per heavy atom. The second-order valence-electron chi connectivity index (χ2n) is 1.36. The first kappa shape index (κ1) is 8.20. The number of hydrogen-bond acceptors (Lipinski definition) is 2. The molecular formula is C8H6N2. The lowest BCUT2D eigenvalue weighted by Crippen LogP contribution is -1.49. The molecule has 0 fully saturated rings. The van der Waals surface area contributed by atoms with Gasteiger partial charge in [-0.25, -0.2) is 0 Å². The van der Waals surface area contributed by atoms with Crippen molar-refractivity contribution < 1.29 is 0 Å². The summed E-state index contributed by atoms with van der Waals surface area (Å²) in [7, 11) is 0. The van der Waals surface area contributed by atoms with Crippen LogP contribution in [0.25, 0.3) is 0 Å². The van der Waals surface area contributed by atoms with Gasteiger partial charge in [0.15, 0.2) is 0 Å². The molecule has 0 unspecified atom stereocenters. The first-order valence-corrected chi connectivity index (χ1v) is 2.69. The Kier molecular flexibility index (Phi) is 5.90. The summed E-state index contributed by atoms with van der Waals surface area (Å²) in [4.78, 5) is 0. The predicted octanol–water partition coefficient (Wildman–Crippen LogP) is 1.70. The summed E-state index contributed by atoms with van der Waals surface area (Å²) in [5, 5.41) is 16.1. The van der Waals surface area contributed by atoms with Crippen LogP contribution in [0.1, 0.15) is 0 Å². The molecule has 2 nitrogen and oxygen atoms in total. The van der Waals surface area contributed by atoms with Gasteiger partial charge in [-0.1, -0.05) is 24.3 Å². The van der Waals surface area contributed by atoms with Gasteiger partial charge in [-0.2, -0.15) is 10.5 Å². The van der Waals surface area contributed by atoms with E-state index >= 15 is 0 Å². The van der Waals surface area contributed by atoms with E-state index < -0.39 is 0 Å². The van der Waals surface area contributed by atoms with Gasteiger partial charge in [-0.15, -0.1) is 0 Å². The number of allylic oxidation sites excluding steroid dienone is 6. The maximum atomic E-state index is 8.03. The van der Waals surface area contributed by atoms with Crippen molar-refractivity contribution in [2.75, 3.05) is 0 Å². The fourth-order valence-corrected chi connectivity index (χ4v) is 0.325. The van der Waals surface area contributed by atoms with E-state index in [1.807, 2.05) is 12.1 Å². The van der Waals surface area contributed by atoms with Gasteiger partial charge >= 0.3 is 0 Å².